The standard InChI is InChI=1S/C36H58O10/c1-31(2)12-19-18-8-9-22-32(3)11-10-25(46-30-28(44)27(43)26(42)21(16-37)45-30)34(5,17-38)29(32)20(39)13-36(22,7)35(18,6)15-24(41)33(19,4)14-23(31)40/h8,17,19-30,37,39-44H,9-16H2,1-7H3/t19-,20+,21+,22+,23?,24-,25-,26+,27-,28+,29+,30-,32+,33-,34+,35+,36+/m0/s1. The molecule has 6 rings (SSSR count). The molecular formula is C36H58O10. The minimum atomic E-state index is -1.59. The molecule has 0 aromatic heterocycles. The summed E-state index contributed by atoms with van der Waals surface area (Å²) in [5.74, 6) is -0.253. The molecule has 17 atom stereocenters. The lowest BCUT2D eigenvalue weighted by molar-refractivity contribution is -0.331. The summed E-state index contributed by atoms with van der Waals surface area (Å²) in [5.41, 5.74) is -1.76. The molecule has 5 fully saturated rings. The van der Waals surface area contributed by atoms with Gasteiger partial charge in [0.1, 0.15) is 30.7 Å². The van der Waals surface area contributed by atoms with Crippen LogP contribution in [0.15, 0.2) is 11.6 Å². The predicted octanol–water partition coefficient (Wildman–Crippen LogP) is 2.08. The Balaban J connectivity index is 1.35. The molecule has 0 amide bonds. The number of rotatable bonds is 4. The van der Waals surface area contributed by atoms with E-state index in [9.17, 15) is 40.5 Å². The second kappa shape index (κ2) is 11.0. The monoisotopic (exact) mass is 650 g/mol. The first-order valence-electron chi connectivity index (χ1n) is 17.4. The zero-order valence-corrected chi connectivity index (χ0v) is 28.6. The fourth-order valence-electron chi connectivity index (χ4n) is 12.2. The van der Waals surface area contributed by atoms with Gasteiger partial charge in [0.25, 0.3) is 0 Å². The largest absolute Gasteiger partial charge is 0.394 e. The van der Waals surface area contributed by atoms with Crippen molar-refractivity contribution in [2.75, 3.05) is 6.61 Å². The molecule has 6 aliphatic rings. The number of aliphatic hydroxyl groups is 7. The van der Waals surface area contributed by atoms with Gasteiger partial charge in [0.05, 0.1) is 36.4 Å². The van der Waals surface area contributed by atoms with Crippen LogP contribution in [-0.2, 0) is 14.3 Å². The lowest BCUT2D eigenvalue weighted by Crippen LogP contribution is -2.70. The van der Waals surface area contributed by atoms with Crippen LogP contribution < -0.4 is 0 Å². The number of carbonyl (C=O) groups is 1. The molecule has 1 saturated heterocycles. The molecule has 1 heterocycles. The van der Waals surface area contributed by atoms with E-state index in [1.54, 1.807) is 6.92 Å². The molecule has 46 heavy (non-hydrogen) atoms. The van der Waals surface area contributed by atoms with E-state index in [0.717, 1.165) is 19.1 Å². The maximum Gasteiger partial charge on any atom is 0.187 e. The maximum absolute atomic E-state index is 13.2. The summed E-state index contributed by atoms with van der Waals surface area (Å²) in [4.78, 5) is 13.2. The second-order valence-corrected chi connectivity index (χ2v) is 18.0. The molecule has 10 heteroatoms. The van der Waals surface area contributed by atoms with Gasteiger partial charge in [-0.15, -0.1) is 0 Å². The SMILES string of the molecule is CC1(C)C[C@H]2C3=CC[C@@H]4[C@@]5(C)CC[C@H](O[C@@H]6O[C@H](CO)[C@@H](O)[C@H](O)[C@H]6O)[C@@](C)(C=O)[C@@H]5[C@H](O)C[C@@]4(C)[C@]3(C)C[C@H](O)[C@@]2(C)CC1O. The highest BCUT2D eigenvalue weighted by Crippen LogP contribution is 2.75. The molecule has 4 saturated carbocycles. The number of aldehydes is 1. The van der Waals surface area contributed by atoms with Gasteiger partial charge in [-0.25, -0.2) is 0 Å². The average molecular weight is 651 g/mol. The number of fused-ring (bicyclic) bond motifs is 7. The highest BCUT2D eigenvalue weighted by Gasteiger charge is 2.72. The summed E-state index contributed by atoms with van der Waals surface area (Å²) >= 11 is 0. The summed E-state index contributed by atoms with van der Waals surface area (Å²) in [6.45, 7) is 14.3. The quantitative estimate of drug-likeness (QED) is 0.135. The second-order valence-electron chi connectivity index (χ2n) is 18.0. The Labute approximate surface area is 273 Å². The molecule has 0 aromatic carbocycles. The topological polar surface area (TPSA) is 177 Å². The van der Waals surface area contributed by atoms with Crippen molar-refractivity contribution in [3.8, 4) is 0 Å². The van der Waals surface area contributed by atoms with Crippen LogP contribution in [-0.4, -0.2) is 104 Å². The van der Waals surface area contributed by atoms with E-state index in [2.05, 4.69) is 47.6 Å². The van der Waals surface area contributed by atoms with Crippen molar-refractivity contribution < 1.29 is 50.0 Å². The van der Waals surface area contributed by atoms with E-state index < -0.39 is 89.3 Å². The minimum absolute atomic E-state index is 0.105. The van der Waals surface area contributed by atoms with Crippen LogP contribution in [0, 0.1) is 50.2 Å². The third-order valence-electron chi connectivity index (χ3n) is 15.3. The van der Waals surface area contributed by atoms with Gasteiger partial charge in [0, 0.05) is 11.3 Å². The van der Waals surface area contributed by atoms with Crippen molar-refractivity contribution in [1.29, 1.82) is 0 Å². The molecule has 5 aliphatic carbocycles. The predicted molar refractivity (Wildman–Crippen MR) is 168 cm³/mol. The first-order chi connectivity index (χ1) is 21.2. The molecule has 1 unspecified atom stereocenters. The van der Waals surface area contributed by atoms with E-state index in [4.69, 9.17) is 9.47 Å². The molecule has 0 radical (unpaired) electrons. The number of allylic oxidation sites excluding steroid dienone is 2. The first-order valence-corrected chi connectivity index (χ1v) is 17.4. The van der Waals surface area contributed by atoms with Gasteiger partial charge in [-0.3, -0.25) is 0 Å². The van der Waals surface area contributed by atoms with Crippen molar-refractivity contribution >= 4 is 6.29 Å². The smallest absolute Gasteiger partial charge is 0.187 e. The molecule has 10 nitrogen and oxygen atoms in total. The van der Waals surface area contributed by atoms with Gasteiger partial charge in [-0.2, -0.15) is 0 Å². The summed E-state index contributed by atoms with van der Waals surface area (Å²) < 4.78 is 11.9. The van der Waals surface area contributed by atoms with Crippen molar-refractivity contribution in [1.82, 2.24) is 0 Å². The van der Waals surface area contributed by atoms with Gasteiger partial charge in [0.15, 0.2) is 6.29 Å². The third-order valence-corrected chi connectivity index (χ3v) is 15.3. The van der Waals surface area contributed by atoms with E-state index in [1.807, 2.05) is 0 Å². The molecule has 0 spiro atoms. The Morgan fingerprint density at radius 2 is 1.54 bits per heavy atom. The summed E-state index contributed by atoms with van der Waals surface area (Å²) in [6.07, 6.45) is -2.41. The van der Waals surface area contributed by atoms with Crippen molar-refractivity contribution in [3.63, 3.8) is 0 Å². The van der Waals surface area contributed by atoms with E-state index in [1.165, 1.54) is 5.57 Å². The zero-order valence-electron chi connectivity index (χ0n) is 28.6. The molecular weight excluding hydrogens is 592 g/mol. The molecule has 0 aromatic rings. The van der Waals surface area contributed by atoms with Gasteiger partial charge in [0.2, 0.25) is 0 Å². The van der Waals surface area contributed by atoms with E-state index in [-0.39, 0.29) is 22.7 Å². The van der Waals surface area contributed by atoms with Crippen LogP contribution in [0.25, 0.3) is 0 Å². The Hall–Kier alpha value is -0.950. The highest BCUT2D eigenvalue weighted by molar-refractivity contribution is 5.62. The van der Waals surface area contributed by atoms with Gasteiger partial charge < -0.3 is 50.0 Å². The van der Waals surface area contributed by atoms with Crippen LogP contribution in [0.1, 0.15) is 93.4 Å². The number of carbonyl (C=O) groups excluding carboxylic acids is 1. The molecule has 0 bridgehead atoms. The van der Waals surface area contributed by atoms with Crippen LogP contribution in [0.4, 0.5) is 0 Å². The molecule has 1 aliphatic heterocycles. The molecule has 262 valence electrons. The number of hydrogen-bond acceptors (Lipinski definition) is 10. The normalized spacial score (nSPS) is 58.1. The van der Waals surface area contributed by atoms with Crippen molar-refractivity contribution in [2.24, 2.45) is 50.2 Å². The van der Waals surface area contributed by atoms with Crippen LogP contribution >= 0.6 is 0 Å². The van der Waals surface area contributed by atoms with Crippen molar-refractivity contribution in [2.45, 2.75) is 149 Å². The Bertz CT molecular complexity index is 1240. The Morgan fingerprint density at radius 3 is 2.17 bits per heavy atom. The highest BCUT2D eigenvalue weighted by atomic mass is 16.7. The van der Waals surface area contributed by atoms with Gasteiger partial charge in [-0.05, 0) is 78.4 Å². The third kappa shape index (κ3) is 4.50. The fraction of sp³-hybridized carbons (Fsp3) is 0.917. The van der Waals surface area contributed by atoms with Gasteiger partial charge >= 0.3 is 0 Å². The van der Waals surface area contributed by atoms with Crippen molar-refractivity contribution in [3.05, 3.63) is 11.6 Å². The Kier molecular flexibility index (Phi) is 8.36. The van der Waals surface area contributed by atoms with Crippen LogP contribution in [0.5, 0.6) is 0 Å². The number of hydrogen-bond donors (Lipinski definition) is 7. The summed E-state index contributed by atoms with van der Waals surface area (Å²) in [5, 5.41) is 76.2. The first kappa shape index (κ1) is 34.9. The lowest BCUT2D eigenvalue weighted by Gasteiger charge is -2.72. The lowest BCUT2D eigenvalue weighted by atomic mass is 9.33. The fourth-order valence-corrected chi connectivity index (χ4v) is 12.2. The van der Waals surface area contributed by atoms with E-state index in [0.29, 0.717) is 32.1 Å². The Morgan fingerprint density at radius 1 is 0.870 bits per heavy atom. The molecule has 7 N–H and O–H groups in total. The number of ether oxygens (including phenoxy) is 2. The maximum atomic E-state index is 13.2. The zero-order chi connectivity index (χ0) is 34.0. The van der Waals surface area contributed by atoms with E-state index >= 15 is 0 Å². The number of aliphatic hydroxyl groups excluding tert-OH is 7. The minimum Gasteiger partial charge on any atom is -0.394 e. The summed E-state index contributed by atoms with van der Waals surface area (Å²) in [6, 6.07) is 0. The van der Waals surface area contributed by atoms with Crippen LogP contribution in [0.3, 0.4) is 0 Å². The van der Waals surface area contributed by atoms with Gasteiger partial charge in [-0.1, -0.05) is 60.1 Å². The van der Waals surface area contributed by atoms with Crippen LogP contribution in [0.2, 0.25) is 0 Å². The summed E-state index contributed by atoms with van der Waals surface area (Å²) in [7, 11) is 0. The average Bonchev–Trinajstić information content (AvgIpc) is 2.97.